The molecule has 0 saturated carbocycles. The summed E-state index contributed by atoms with van der Waals surface area (Å²) in [4.78, 5) is 2.40. The van der Waals surface area contributed by atoms with E-state index >= 15 is 0 Å². The summed E-state index contributed by atoms with van der Waals surface area (Å²) in [5.74, 6) is 0.979. The van der Waals surface area contributed by atoms with Crippen LogP contribution in [0.3, 0.4) is 0 Å². The van der Waals surface area contributed by atoms with Crippen molar-refractivity contribution < 1.29 is 9.47 Å². The number of rotatable bonds is 7. The number of ether oxygens (including phenoxy) is 2. The minimum Gasteiger partial charge on any atom is -0.491 e. The van der Waals surface area contributed by atoms with Crippen molar-refractivity contribution >= 4 is 5.69 Å². The number of benzene rings is 1. The summed E-state index contributed by atoms with van der Waals surface area (Å²) in [6.07, 6.45) is 3.03. The van der Waals surface area contributed by atoms with Crippen LogP contribution in [0.15, 0.2) is 18.2 Å². The van der Waals surface area contributed by atoms with Crippen LogP contribution in [-0.2, 0) is 4.74 Å². The van der Waals surface area contributed by atoms with Gasteiger partial charge in [0, 0.05) is 38.8 Å². The smallest absolute Gasteiger partial charge is 0.142 e. The molecule has 1 aromatic carbocycles. The average Bonchev–Trinajstić information content (AvgIpc) is 2.49. The van der Waals surface area contributed by atoms with Crippen LogP contribution >= 0.6 is 0 Å². The van der Waals surface area contributed by atoms with Gasteiger partial charge < -0.3 is 20.1 Å². The van der Waals surface area contributed by atoms with E-state index in [4.69, 9.17) is 15.2 Å². The fourth-order valence-electron chi connectivity index (χ4n) is 2.62. The van der Waals surface area contributed by atoms with Gasteiger partial charge in [-0.25, -0.2) is 0 Å². The van der Waals surface area contributed by atoms with Gasteiger partial charge in [0.05, 0.1) is 12.3 Å². The number of aryl methyl sites for hydroxylation is 1. The maximum Gasteiger partial charge on any atom is 0.142 e. The van der Waals surface area contributed by atoms with Gasteiger partial charge >= 0.3 is 0 Å². The fourth-order valence-corrected chi connectivity index (χ4v) is 2.62. The summed E-state index contributed by atoms with van der Waals surface area (Å²) in [7, 11) is 0. The second-order valence-electron chi connectivity index (χ2n) is 5.69. The second kappa shape index (κ2) is 8.25. The van der Waals surface area contributed by atoms with Crippen molar-refractivity contribution in [2.75, 3.05) is 37.8 Å². The first-order chi connectivity index (χ1) is 10.2. The third-order valence-corrected chi connectivity index (χ3v) is 3.89. The van der Waals surface area contributed by atoms with E-state index in [0.717, 1.165) is 51.3 Å². The van der Waals surface area contributed by atoms with E-state index in [0.29, 0.717) is 12.6 Å². The lowest BCUT2D eigenvalue weighted by molar-refractivity contribution is 0.131. The molecular weight excluding hydrogens is 264 g/mol. The molecule has 0 amide bonds. The quantitative estimate of drug-likeness (QED) is 0.785. The molecule has 4 nitrogen and oxygen atoms in total. The number of nitrogens with zero attached hydrogens (tertiary/aromatic N) is 1. The monoisotopic (exact) mass is 292 g/mol. The lowest BCUT2D eigenvalue weighted by Crippen LogP contribution is -2.39. The molecule has 2 N–H and O–H groups in total. The number of anilines is 1. The van der Waals surface area contributed by atoms with Crippen molar-refractivity contribution in [3.05, 3.63) is 23.8 Å². The zero-order chi connectivity index (χ0) is 15.1. The lowest BCUT2D eigenvalue weighted by Gasteiger charge is -2.33. The second-order valence-corrected chi connectivity index (χ2v) is 5.69. The van der Waals surface area contributed by atoms with Crippen LogP contribution in [0.25, 0.3) is 0 Å². The van der Waals surface area contributed by atoms with Crippen molar-refractivity contribution in [1.82, 2.24) is 0 Å². The summed E-state index contributed by atoms with van der Waals surface area (Å²) in [6, 6.07) is 6.76. The van der Waals surface area contributed by atoms with Gasteiger partial charge in [-0.1, -0.05) is 6.07 Å². The van der Waals surface area contributed by atoms with Crippen molar-refractivity contribution in [3.8, 4) is 5.75 Å². The van der Waals surface area contributed by atoms with Gasteiger partial charge in [0.25, 0.3) is 0 Å². The molecule has 4 heteroatoms. The SMILES string of the molecule is CCOCCCOc1ccc(C)cc1N1CCC(N)CC1. The molecule has 118 valence electrons. The Bertz CT molecular complexity index is 429. The largest absolute Gasteiger partial charge is 0.491 e. The summed E-state index contributed by atoms with van der Waals surface area (Å²) in [5.41, 5.74) is 8.47. The Hall–Kier alpha value is -1.26. The highest BCUT2D eigenvalue weighted by molar-refractivity contribution is 5.60. The van der Waals surface area contributed by atoms with Crippen molar-refractivity contribution in [3.63, 3.8) is 0 Å². The Morgan fingerprint density at radius 3 is 2.71 bits per heavy atom. The van der Waals surface area contributed by atoms with E-state index < -0.39 is 0 Å². The van der Waals surface area contributed by atoms with Gasteiger partial charge in [-0.3, -0.25) is 0 Å². The number of piperidine rings is 1. The molecule has 1 fully saturated rings. The van der Waals surface area contributed by atoms with Crippen LogP contribution in [0.2, 0.25) is 0 Å². The van der Waals surface area contributed by atoms with Crippen molar-refractivity contribution in [2.24, 2.45) is 5.73 Å². The van der Waals surface area contributed by atoms with Crippen LogP contribution in [0, 0.1) is 6.92 Å². The maximum atomic E-state index is 6.00. The highest BCUT2D eigenvalue weighted by Gasteiger charge is 2.19. The molecule has 0 aromatic heterocycles. The summed E-state index contributed by atoms with van der Waals surface area (Å²) < 4.78 is 11.3. The average molecular weight is 292 g/mol. The normalized spacial score (nSPS) is 16.2. The van der Waals surface area contributed by atoms with Crippen molar-refractivity contribution in [2.45, 2.75) is 39.2 Å². The van der Waals surface area contributed by atoms with Crippen LogP contribution in [-0.4, -0.2) is 39.0 Å². The zero-order valence-corrected chi connectivity index (χ0v) is 13.3. The summed E-state index contributed by atoms with van der Waals surface area (Å²) in [5, 5.41) is 0. The van der Waals surface area contributed by atoms with Gasteiger partial charge in [0.2, 0.25) is 0 Å². The Balaban J connectivity index is 1.96. The molecule has 1 saturated heterocycles. The summed E-state index contributed by atoms with van der Waals surface area (Å²) >= 11 is 0. The van der Waals surface area contributed by atoms with E-state index in [1.54, 1.807) is 0 Å². The molecule has 0 spiro atoms. The molecule has 1 aliphatic heterocycles. The molecule has 1 heterocycles. The zero-order valence-electron chi connectivity index (χ0n) is 13.3. The van der Waals surface area contributed by atoms with Crippen LogP contribution < -0.4 is 15.4 Å². The fraction of sp³-hybridized carbons (Fsp3) is 0.647. The van der Waals surface area contributed by atoms with Gasteiger partial charge in [-0.05, 0) is 44.4 Å². The first kappa shape index (κ1) is 16.1. The predicted octanol–water partition coefficient (Wildman–Crippen LogP) is 2.73. The Labute approximate surface area is 128 Å². The van der Waals surface area contributed by atoms with Gasteiger partial charge in [-0.2, -0.15) is 0 Å². The van der Waals surface area contributed by atoms with Gasteiger partial charge in [0.1, 0.15) is 5.75 Å². The molecule has 1 aliphatic rings. The minimum atomic E-state index is 0.349. The molecule has 0 atom stereocenters. The number of hydrogen-bond acceptors (Lipinski definition) is 4. The Kier molecular flexibility index (Phi) is 6.33. The van der Waals surface area contributed by atoms with Gasteiger partial charge in [0.15, 0.2) is 0 Å². The van der Waals surface area contributed by atoms with Crippen LogP contribution in [0.1, 0.15) is 31.7 Å². The van der Waals surface area contributed by atoms with Crippen LogP contribution in [0.4, 0.5) is 5.69 Å². The number of hydrogen-bond donors (Lipinski definition) is 1. The molecule has 0 radical (unpaired) electrons. The highest BCUT2D eigenvalue weighted by Crippen LogP contribution is 2.31. The molecule has 2 rings (SSSR count). The van der Waals surface area contributed by atoms with E-state index in [1.807, 2.05) is 6.92 Å². The topological polar surface area (TPSA) is 47.7 Å². The highest BCUT2D eigenvalue weighted by atomic mass is 16.5. The van der Waals surface area contributed by atoms with E-state index in [-0.39, 0.29) is 0 Å². The summed E-state index contributed by atoms with van der Waals surface area (Å²) in [6.45, 7) is 8.39. The van der Waals surface area contributed by atoms with Crippen LogP contribution in [0.5, 0.6) is 5.75 Å². The van der Waals surface area contributed by atoms with Gasteiger partial charge in [-0.15, -0.1) is 0 Å². The lowest BCUT2D eigenvalue weighted by atomic mass is 10.0. The predicted molar refractivity (Wildman–Crippen MR) is 87.2 cm³/mol. The van der Waals surface area contributed by atoms with E-state index in [1.165, 1.54) is 11.3 Å². The Morgan fingerprint density at radius 2 is 2.00 bits per heavy atom. The minimum absolute atomic E-state index is 0.349. The third kappa shape index (κ3) is 4.90. The first-order valence-electron chi connectivity index (χ1n) is 8.02. The van der Waals surface area contributed by atoms with E-state index in [2.05, 4.69) is 30.0 Å². The molecule has 0 unspecified atom stereocenters. The molecular formula is C17H28N2O2. The first-order valence-corrected chi connectivity index (χ1v) is 8.02. The Morgan fingerprint density at radius 1 is 1.24 bits per heavy atom. The maximum absolute atomic E-state index is 6.00. The van der Waals surface area contributed by atoms with Crippen molar-refractivity contribution in [1.29, 1.82) is 0 Å². The van der Waals surface area contributed by atoms with E-state index in [9.17, 15) is 0 Å². The molecule has 0 aliphatic carbocycles. The third-order valence-electron chi connectivity index (χ3n) is 3.89. The molecule has 21 heavy (non-hydrogen) atoms. The number of nitrogens with two attached hydrogens (primary N) is 1. The standard InChI is InChI=1S/C17H28N2O2/c1-3-20-11-4-12-21-17-6-5-14(2)13-16(17)19-9-7-15(18)8-10-19/h5-6,13,15H,3-4,7-12,18H2,1-2H3. The molecule has 0 bridgehead atoms. The molecule has 1 aromatic rings.